The molecule has 0 bridgehead atoms. The van der Waals surface area contributed by atoms with Crippen molar-refractivity contribution in [3.63, 3.8) is 0 Å². The van der Waals surface area contributed by atoms with Gasteiger partial charge in [0.2, 0.25) is 0 Å². The summed E-state index contributed by atoms with van der Waals surface area (Å²) in [5.41, 5.74) is 0. The van der Waals surface area contributed by atoms with Crippen molar-refractivity contribution in [1.29, 1.82) is 0 Å². The molecule has 1 aliphatic heterocycles. The van der Waals surface area contributed by atoms with Gasteiger partial charge in [-0.25, -0.2) is 8.42 Å². The molecular weight excluding hydrogens is 310 g/mol. The van der Waals surface area contributed by atoms with Crippen molar-refractivity contribution < 1.29 is 8.42 Å². The standard InChI is InChI=1S/C17H21N3O2S/c1-3-17(20-11-9-19(2)10-12-20)23(21,22)16-6-4-5-14-13-18-8-7-15(14)16/h3-8,13,17H,1,9-12H2,2H3. The largest absolute Gasteiger partial charge is 0.304 e. The quantitative estimate of drug-likeness (QED) is 0.799. The molecule has 0 N–H and O–H groups in total. The lowest BCUT2D eigenvalue weighted by atomic mass is 10.2. The van der Waals surface area contributed by atoms with Crippen molar-refractivity contribution in [2.24, 2.45) is 0 Å². The Bertz CT molecular complexity index is 806. The van der Waals surface area contributed by atoms with E-state index in [-0.39, 0.29) is 0 Å². The molecule has 0 spiro atoms. The lowest BCUT2D eigenvalue weighted by molar-refractivity contribution is 0.154. The second-order valence-electron chi connectivity index (χ2n) is 5.86. The molecule has 1 aromatic carbocycles. The summed E-state index contributed by atoms with van der Waals surface area (Å²) in [6.45, 7) is 6.94. The van der Waals surface area contributed by atoms with Crippen LogP contribution < -0.4 is 0 Å². The van der Waals surface area contributed by atoms with Gasteiger partial charge in [-0.1, -0.05) is 18.2 Å². The number of pyridine rings is 1. The van der Waals surface area contributed by atoms with Gasteiger partial charge in [-0.05, 0) is 19.2 Å². The highest BCUT2D eigenvalue weighted by Crippen LogP contribution is 2.27. The van der Waals surface area contributed by atoms with Crippen LogP contribution in [0.1, 0.15) is 0 Å². The number of nitrogens with zero attached hydrogens (tertiary/aromatic N) is 3. The first-order chi connectivity index (χ1) is 11.0. The summed E-state index contributed by atoms with van der Waals surface area (Å²) < 4.78 is 26.4. The summed E-state index contributed by atoms with van der Waals surface area (Å²) in [5.74, 6) is 0. The van der Waals surface area contributed by atoms with Crippen LogP contribution in [0.2, 0.25) is 0 Å². The summed E-state index contributed by atoms with van der Waals surface area (Å²) in [7, 11) is -1.49. The first kappa shape index (κ1) is 16.1. The van der Waals surface area contributed by atoms with Gasteiger partial charge in [-0.2, -0.15) is 0 Å². The van der Waals surface area contributed by atoms with Crippen LogP contribution in [-0.4, -0.2) is 61.8 Å². The Morgan fingerprint density at radius 1 is 1.22 bits per heavy atom. The molecule has 0 saturated carbocycles. The highest BCUT2D eigenvalue weighted by Gasteiger charge is 2.33. The smallest absolute Gasteiger partial charge is 0.198 e. The van der Waals surface area contributed by atoms with Crippen LogP contribution in [0.15, 0.2) is 54.2 Å². The molecule has 5 nitrogen and oxygen atoms in total. The van der Waals surface area contributed by atoms with E-state index >= 15 is 0 Å². The maximum absolute atomic E-state index is 13.2. The summed E-state index contributed by atoms with van der Waals surface area (Å²) in [6.07, 6.45) is 4.86. The maximum Gasteiger partial charge on any atom is 0.198 e. The number of aromatic nitrogens is 1. The Morgan fingerprint density at radius 2 is 1.96 bits per heavy atom. The van der Waals surface area contributed by atoms with Crippen molar-refractivity contribution in [3.05, 3.63) is 49.3 Å². The molecular formula is C17H21N3O2S. The van der Waals surface area contributed by atoms with E-state index in [1.54, 1.807) is 36.7 Å². The fourth-order valence-electron chi connectivity index (χ4n) is 3.02. The normalized spacial score (nSPS) is 18.8. The molecule has 2 heterocycles. The molecule has 1 aromatic heterocycles. The first-order valence-corrected chi connectivity index (χ1v) is 9.20. The SMILES string of the molecule is C=CC(N1CCN(C)CC1)S(=O)(=O)c1cccc2cnccc12. The van der Waals surface area contributed by atoms with E-state index in [2.05, 4.69) is 16.5 Å². The van der Waals surface area contributed by atoms with E-state index < -0.39 is 15.2 Å². The number of hydrogen-bond acceptors (Lipinski definition) is 5. The first-order valence-electron chi connectivity index (χ1n) is 7.66. The molecule has 23 heavy (non-hydrogen) atoms. The monoisotopic (exact) mass is 331 g/mol. The number of sulfone groups is 1. The maximum atomic E-state index is 13.2. The Balaban J connectivity index is 2.03. The zero-order valence-electron chi connectivity index (χ0n) is 13.2. The van der Waals surface area contributed by atoms with E-state index in [0.29, 0.717) is 10.3 Å². The van der Waals surface area contributed by atoms with Gasteiger partial charge >= 0.3 is 0 Å². The predicted octanol–water partition coefficient (Wildman–Crippen LogP) is 1.77. The lowest BCUT2D eigenvalue weighted by Crippen LogP contribution is -2.50. The van der Waals surface area contributed by atoms with Crippen LogP contribution in [0.25, 0.3) is 10.8 Å². The highest BCUT2D eigenvalue weighted by atomic mass is 32.2. The molecule has 1 unspecified atom stereocenters. The zero-order chi connectivity index (χ0) is 16.4. The van der Waals surface area contributed by atoms with Crippen molar-refractivity contribution in [2.45, 2.75) is 10.3 Å². The summed E-state index contributed by atoms with van der Waals surface area (Å²) in [4.78, 5) is 8.61. The molecule has 1 fully saturated rings. The molecule has 3 rings (SSSR count). The summed E-state index contributed by atoms with van der Waals surface area (Å²) in [6, 6.07) is 7.07. The van der Waals surface area contributed by atoms with Crippen LogP contribution in [0, 0.1) is 0 Å². The number of hydrogen-bond donors (Lipinski definition) is 0. The van der Waals surface area contributed by atoms with E-state index in [1.807, 2.05) is 18.0 Å². The van der Waals surface area contributed by atoms with Crippen molar-refractivity contribution in [3.8, 4) is 0 Å². The van der Waals surface area contributed by atoms with Gasteiger partial charge in [0.05, 0.1) is 4.90 Å². The summed E-state index contributed by atoms with van der Waals surface area (Å²) >= 11 is 0. The molecule has 0 radical (unpaired) electrons. The van der Waals surface area contributed by atoms with Gasteiger partial charge in [-0.15, -0.1) is 6.58 Å². The number of benzene rings is 1. The minimum atomic E-state index is -3.53. The second-order valence-corrected chi connectivity index (χ2v) is 7.88. The third-order valence-corrected chi connectivity index (χ3v) is 6.46. The Kier molecular flexibility index (Phi) is 4.48. The topological polar surface area (TPSA) is 53.5 Å². The molecule has 1 saturated heterocycles. The molecule has 1 atom stereocenters. The van der Waals surface area contributed by atoms with E-state index in [0.717, 1.165) is 31.6 Å². The van der Waals surface area contributed by atoms with E-state index in [9.17, 15) is 8.42 Å². The minimum absolute atomic E-state index is 0.348. The second kappa shape index (κ2) is 6.39. The van der Waals surface area contributed by atoms with Crippen molar-refractivity contribution >= 4 is 20.6 Å². The molecule has 122 valence electrons. The van der Waals surface area contributed by atoms with Gasteiger partial charge in [0, 0.05) is 49.3 Å². The third-order valence-electron chi connectivity index (χ3n) is 4.36. The highest BCUT2D eigenvalue weighted by molar-refractivity contribution is 7.92. The van der Waals surface area contributed by atoms with E-state index in [4.69, 9.17) is 0 Å². The van der Waals surface area contributed by atoms with Crippen LogP contribution in [0.3, 0.4) is 0 Å². The van der Waals surface area contributed by atoms with Crippen LogP contribution in [0.4, 0.5) is 0 Å². The fourth-order valence-corrected chi connectivity index (χ4v) is 4.90. The summed E-state index contributed by atoms with van der Waals surface area (Å²) in [5, 5.41) is 0.841. The predicted molar refractivity (Wildman–Crippen MR) is 92.0 cm³/mol. The molecule has 2 aromatic rings. The van der Waals surface area contributed by atoms with Crippen LogP contribution >= 0.6 is 0 Å². The minimum Gasteiger partial charge on any atom is -0.304 e. The van der Waals surface area contributed by atoms with Gasteiger partial charge < -0.3 is 4.90 Å². The van der Waals surface area contributed by atoms with Crippen molar-refractivity contribution in [2.75, 3.05) is 33.2 Å². The Hall–Kier alpha value is -1.76. The average molecular weight is 331 g/mol. The lowest BCUT2D eigenvalue weighted by Gasteiger charge is -2.36. The van der Waals surface area contributed by atoms with Crippen LogP contribution in [-0.2, 0) is 9.84 Å². The van der Waals surface area contributed by atoms with Crippen LogP contribution in [0.5, 0.6) is 0 Å². The fraction of sp³-hybridized carbons (Fsp3) is 0.353. The number of fused-ring (bicyclic) bond motifs is 1. The third kappa shape index (κ3) is 3.02. The number of piperazine rings is 1. The molecule has 0 aliphatic carbocycles. The van der Waals surface area contributed by atoms with Crippen molar-refractivity contribution in [1.82, 2.24) is 14.8 Å². The number of likely N-dealkylation sites (N-methyl/N-ethyl adjacent to an activating group) is 1. The van der Waals surface area contributed by atoms with Gasteiger partial charge in [0.25, 0.3) is 0 Å². The molecule has 0 amide bonds. The molecule has 6 heteroatoms. The Labute approximate surface area is 137 Å². The van der Waals surface area contributed by atoms with Gasteiger partial charge in [0.1, 0.15) is 5.37 Å². The zero-order valence-corrected chi connectivity index (χ0v) is 14.0. The van der Waals surface area contributed by atoms with Gasteiger partial charge in [-0.3, -0.25) is 9.88 Å². The number of rotatable bonds is 4. The van der Waals surface area contributed by atoms with Gasteiger partial charge in [0.15, 0.2) is 9.84 Å². The van der Waals surface area contributed by atoms with E-state index in [1.165, 1.54) is 0 Å². The Morgan fingerprint density at radius 3 is 2.65 bits per heavy atom. The molecule has 1 aliphatic rings. The average Bonchev–Trinajstić information content (AvgIpc) is 2.56.